The van der Waals surface area contributed by atoms with Crippen molar-refractivity contribution in [2.45, 2.75) is 26.1 Å². The van der Waals surface area contributed by atoms with Gasteiger partial charge in [-0.25, -0.2) is 9.59 Å². The fourth-order valence-electron chi connectivity index (χ4n) is 3.17. The summed E-state index contributed by atoms with van der Waals surface area (Å²) in [5.41, 5.74) is 3.90. The van der Waals surface area contributed by atoms with Crippen LogP contribution in [0.2, 0.25) is 0 Å². The van der Waals surface area contributed by atoms with E-state index in [9.17, 15) is 14.7 Å². The van der Waals surface area contributed by atoms with Gasteiger partial charge < -0.3 is 30.0 Å². The zero-order valence-corrected chi connectivity index (χ0v) is 19.3. The Kier molecular flexibility index (Phi) is 8.28. The molecule has 1 aromatic carbocycles. The molecule has 1 aliphatic rings. The number of carbonyl (C=O) groups is 2. The minimum absolute atomic E-state index is 0.0856. The van der Waals surface area contributed by atoms with Gasteiger partial charge in [0.25, 0.3) is 0 Å². The number of rotatable bonds is 10. The Morgan fingerprint density at radius 1 is 1.33 bits per heavy atom. The zero-order valence-electron chi connectivity index (χ0n) is 18.5. The van der Waals surface area contributed by atoms with Crippen LogP contribution in [0.4, 0.5) is 4.79 Å². The molecule has 0 bridgehead atoms. The SMILES string of the molecule is CCOc1cc([C@@H]2NC(=O)NC(C)=C2C(=O)OC)ccc1OC[C@H](O)N/N=C\c1cccs1. The van der Waals surface area contributed by atoms with E-state index in [1.807, 2.05) is 24.4 Å². The standard InChI is InChI=1S/C22H26N4O6S/c1-4-31-17-10-14(20-19(21(28)30-3)13(2)24-22(29)25-20)7-8-16(17)32-12-18(27)26-23-11-15-6-5-9-33-15/h5-11,18,20,26-27H,4,12H2,1-3H3,(H2,24,25,29)/b23-11-/t18-,20-/m0/s1. The summed E-state index contributed by atoms with van der Waals surface area (Å²) in [6.45, 7) is 3.73. The summed E-state index contributed by atoms with van der Waals surface area (Å²) >= 11 is 1.53. The molecule has 11 heteroatoms. The van der Waals surface area contributed by atoms with Crippen LogP contribution in [0.25, 0.3) is 0 Å². The quantitative estimate of drug-likeness (QED) is 0.180. The predicted molar refractivity (Wildman–Crippen MR) is 123 cm³/mol. The third-order valence-corrected chi connectivity index (χ3v) is 5.44. The zero-order chi connectivity index (χ0) is 23.8. The highest BCUT2D eigenvalue weighted by molar-refractivity contribution is 7.11. The number of hydrogen-bond acceptors (Lipinski definition) is 9. The summed E-state index contributed by atoms with van der Waals surface area (Å²) in [5.74, 6) is 0.240. The number of ether oxygens (including phenoxy) is 3. The van der Waals surface area contributed by atoms with E-state index in [-0.39, 0.29) is 12.2 Å². The number of allylic oxidation sites excluding steroid dienone is 1. The van der Waals surface area contributed by atoms with E-state index >= 15 is 0 Å². The minimum Gasteiger partial charge on any atom is -0.490 e. The van der Waals surface area contributed by atoms with Gasteiger partial charge in [-0.2, -0.15) is 5.10 Å². The van der Waals surface area contributed by atoms with Crippen molar-refractivity contribution in [3.05, 3.63) is 57.4 Å². The van der Waals surface area contributed by atoms with E-state index in [4.69, 9.17) is 14.2 Å². The Morgan fingerprint density at radius 3 is 2.85 bits per heavy atom. The van der Waals surface area contributed by atoms with Crippen LogP contribution in [-0.4, -0.2) is 49.9 Å². The molecule has 10 nitrogen and oxygen atoms in total. The van der Waals surface area contributed by atoms with Crippen molar-refractivity contribution in [3.63, 3.8) is 0 Å². The van der Waals surface area contributed by atoms with Crippen molar-refractivity contribution in [3.8, 4) is 11.5 Å². The Hall–Kier alpha value is -3.57. The Labute approximate surface area is 195 Å². The first-order chi connectivity index (χ1) is 15.9. The highest BCUT2D eigenvalue weighted by atomic mass is 32.1. The number of urea groups is 1. The molecule has 2 heterocycles. The third kappa shape index (κ3) is 6.24. The van der Waals surface area contributed by atoms with Gasteiger partial charge in [0.15, 0.2) is 17.7 Å². The van der Waals surface area contributed by atoms with Crippen molar-refractivity contribution < 1.29 is 28.9 Å². The molecule has 2 amide bonds. The summed E-state index contributed by atoms with van der Waals surface area (Å²) in [6.07, 6.45) is 0.561. The molecule has 0 fully saturated rings. The summed E-state index contributed by atoms with van der Waals surface area (Å²) in [6, 6.07) is 7.70. The number of methoxy groups -OCH3 is 1. The number of nitrogens with zero attached hydrogens (tertiary/aromatic N) is 1. The topological polar surface area (TPSA) is 131 Å². The van der Waals surface area contributed by atoms with Crippen LogP contribution in [0, 0.1) is 0 Å². The van der Waals surface area contributed by atoms with E-state index in [0.29, 0.717) is 29.4 Å². The highest BCUT2D eigenvalue weighted by Crippen LogP contribution is 2.34. The van der Waals surface area contributed by atoms with Crippen molar-refractivity contribution in [1.29, 1.82) is 0 Å². The van der Waals surface area contributed by atoms with Crippen LogP contribution in [-0.2, 0) is 9.53 Å². The van der Waals surface area contributed by atoms with Gasteiger partial charge >= 0.3 is 12.0 Å². The van der Waals surface area contributed by atoms with E-state index < -0.39 is 24.3 Å². The van der Waals surface area contributed by atoms with Gasteiger partial charge in [0.05, 0.1) is 31.5 Å². The molecule has 0 aliphatic carbocycles. The van der Waals surface area contributed by atoms with Crippen LogP contribution < -0.4 is 25.5 Å². The molecular weight excluding hydrogens is 448 g/mol. The Balaban J connectivity index is 1.73. The average molecular weight is 475 g/mol. The molecule has 0 spiro atoms. The molecule has 2 aromatic rings. The minimum atomic E-state index is -1.05. The number of thiophene rings is 1. The first kappa shape index (κ1) is 24.1. The van der Waals surface area contributed by atoms with Crippen LogP contribution in [0.15, 0.2) is 52.1 Å². The van der Waals surface area contributed by atoms with E-state index in [0.717, 1.165) is 4.88 Å². The van der Waals surface area contributed by atoms with E-state index in [1.54, 1.807) is 31.3 Å². The fraction of sp³-hybridized carbons (Fsp3) is 0.318. The molecule has 176 valence electrons. The van der Waals surface area contributed by atoms with Gasteiger partial charge in [-0.1, -0.05) is 12.1 Å². The van der Waals surface area contributed by atoms with Crippen molar-refractivity contribution in [1.82, 2.24) is 16.1 Å². The van der Waals surface area contributed by atoms with E-state index in [1.165, 1.54) is 18.4 Å². The number of aliphatic hydroxyl groups is 1. The summed E-state index contributed by atoms with van der Waals surface area (Å²) < 4.78 is 16.3. The second kappa shape index (κ2) is 11.3. The Morgan fingerprint density at radius 2 is 2.15 bits per heavy atom. The molecule has 1 aromatic heterocycles. The van der Waals surface area contributed by atoms with Crippen molar-refractivity contribution in [2.24, 2.45) is 5.10 Å². The van der Waals surface area contributed by atoms with Crippen LogP contribution >= 0.6 is 11.3 Å². The van der Waals surface area contributed by atoms with Crippen LogP contribution in [0.3, 0.4) is 0 Å². The molecule has 0 unspecified atom stereocenters. The number of hydrogen-bond donors (Lipinski definition) is 4. The number of carbonyl (C=O) groups excluding carboxylic acids is 2. The van der Waals surface area contributed by atoms with Gasteiger partial charge in [-0.15, -0.1) is 11.3 Å². The van der Waals surface area contributed by atoms with Gasteiger partial charge in [-0.05, 0) is 43.0 Å². The maximum Gasteiger partial charge on any atom is 0.337 e. The molecule has 0 radical (unpaired) electrons. The number of aliphatic hydroxyl groups excluding tert-OH is 1. The number of hydrazone groups is 1. The van der Waals surface area contributed by atoms with Crippen LogP contribution in [0.5, 0.6) is 11.5 Å². The highest BCUT2D eigenvalue weighted by Gasteiger charge is 2.32. The fourth-order valence-corrected chi connectivity index (χ4v) is 3.76. The van der Waals surface area contributed by atoms with Gasteiger partial charge in [0.1, 0.15) is 6.61 Å². The monoisotopic (exact) mass is 474 g/mol. The smallest absolute Gasteiger partial charge is 0.337 e. The second-order valence-electron chi connectivity index (χ2n) is 6.93. The van der Waals surface area contributed by atoms with Gasteiger partial charge in [-0.3, -0.25) is 5.43 Å². The lowest BCUT2D eigenvalue weighted by atomic mass is 9.95. The largest absolute Gasteiger partial charge is 0.490 e. The van der Waals surface area contributed by atoms with Crippen molar-refractivity contribution in [2.75, 3.05) is 20.3 Å². The molecule has 1 aliphatic heterocycles. The summed E-state index contributed by atoms with van der Waals surface area (Å²) in [7, 11) is 1.28. The molecule has 4 N–H and O–H groups in total. The number of nitrogens with one attached hydrogen (secondary N) is 3. The van der Waals surface area contributed by atoms with Gasteiger partial charge in [0.2, 0.25) is 0 Å². The predicted octanol–water partition coefficient (Wildman–Crippen LogP) is 2.27. The molecule has 2 atom stereocenters. The van der Waals surface area contributed by atoms with Gasteiger partial charge in [0, 0.05) is 10.6 Å². The first-order valence-corrected chi connectivity index (χ1v) is 11.1. The lowest BCUT2D eigenvalue weighted by Crippen LogP contribution is -2.45. The second-order valence-corrected chi connectivity index (χ2v) is 7.91. The maximum absolute atomic E-state index is 12.3. The third-order valence-electron chi connectivity index (χ3n) is 4.63. The van der Waals surface area contributed by atoms with Crippen molar-refractivity contribution >= 4 is 29.6 Å². The number of amides is 2. The molecular formula is C22H26N4O6S. The van der Waals surface area contributed by atoms with E-state index in [2.05, 4.69) is 21.2 Å². The van der Waals surface area contributed by atoms with Crippen LogP contribution in [0.1, 0.15) is 30.3 Å². The maximum atomic E-state index is 12.3. The summed E-state index contributed by atoms with van der Waals surface area (Å²) in [4.78, 5) is 25.3. The Bertz CT molecular complexity index is 1040. The molecule has 0 saturated heterocycles. The molecule has 3 rings (SSSR count). The lowest BCUT2D eigenvalue weighted by Gasteiger charge is -2.28. The lowest BCUT2D eigenvalue weighted by molar-refractivity contribution is -0.136. The molecule has 33 heavy (non-hydrogen) atoms. The summed E-state index contributed by atoms with van der Waals surface area (Å²) in [5, 5.41) is 21.3. The normalized spacial score (nSPS) is 16.7. The number of esters is 1. The first-order valence-electron chi connectivity index (χ1n) is 10.2. The molecule has 0 saturated carbocycles. The average Bonchev–Trinajstić information content (AvgIpc) is 3.31. The number of benzene rings is 1.